The van der Waals surface area contributed by atoms with E-state index >= 15 is 0 Å². The summed E-state index contributed by atoms with van der Waals surface area (Å²) < 4.78 is 21.4. The molecule has 1 N–H and O–H groups in total. The molecule has 2 rings (SSSR count). The maximum absolute atomic E-state index is 12.3. The standard InChI is InChI=1S/C18H26N2O6/c1-12(21)20(11-17(22)19-10-14-6-5-7-26-14)13-8-15(23-2)18(25-4)16(9-13)24-3/h8-9,14H,5-7,10-11H2,1-4H3,(H,19,22). The Labute approximate surface area is 153 Å². The second-order valence-corrected chi connectivity index (χ2v) is 5.93. The van der Waals surface area contributed by atoms with E-state index in [1.165, 1.54) is 33.2 Å². The third kappa shape index (κ3) is 4.78. The van der Waals surface area contributed by atoms with Gasteiger partial charge in [0.2, 0.25) is 17.6 Å². The Balaban J connectivity index is 2.15. The van der Waals surface area contributed by atoms with E-state index < -0.39 is 0 Å². The molecule has 0 spiro atoms. The van der Waals surface area contributed by atoms with Crippen molar-refractivity contribution in [3.8, 4) is 17.2 Å². The van der Waals surface area contributed by atoms with Crippen molar-refractivity contribution in [3.05, 3.63) is 12.1 Å². The van der Waals surface area contributed by atoms with Gasteiger partial charge in [-0.15, -0.1) is 0 Å². The van der Waals surface area contributed by atoms with Gasteiger partial charge in [-0.3, -0.25) is 9.59 Å². The fourth-order valence-corrected chi connectivity index (χ4v) is 2.84. The van der Waals surface area contributed by atoms with Crippen LogP contribution in [-0.2, 0) is 14.3 Å². The summed E-state index contributed by atoms with van der Waals surface area (Å²) in [5.41, 5.74) is 0.485. The Hall–Kier alpha value is -2.48. The lowest BCUT2D eigenvalue weighted by Crippen LogP contribution is -2.42. The van der Waals surface area contributed by atoms with Crippen molar-refractivity contribution in [2.75, 3.05) is 45.9 Å². The smallest absolute Gasteiger partial charge is 0.240 e. The van der Waals surface area contributed by atoms with Crippen LogP contribution in [0.2, 0.25) is 0 Å². The number of hydrogen-bond acceptors (Lipinski definition) is 6. The van der Waals surface area contributed by atoms with Crippen LogP contribution in [0.1, 0.15) is 19.8 Å². The molecule has 0 radical (unpaired) electrons. The lowest BCUT2D eigenvalue weighted by molar-refractivity contribution is -0.123. The van der Waals surface area contributed by atoms with Crippen molar-refractivity contribution in [2.24, 2.45) is 0 Å². The van der Waals surface area contributed by atoms with Crippen molar-refractivity contribution in [2.45, 2.75) is 25.9 Å². The first-order valence-corrected chi connectivity index (χ1v) is 8.46. The third-order valence-electron chi connectivity index (χ3n) is 4.19. The molecule has 1 fully saturated rings. The van der Waals surface area contributed by atoms with Crippen molar-refractivity contribution >= 4 is 17.5 Å². The number of carbonyl (C=O) groups is 2. The second-order valence-electron chi connectivity index (χ2n) is 5.93. The van der Waals surface area contributed by atoms with Gasteiger partial charge >= 0.3 is 0 Å². The maximum Gasteiger partial charge on any atom is 0.240 e. The average molecular weight is 366 g/mol. The minimum atomic E-state index is -0.272. The monoisotopic (exact) mass is 366 g/mol. The number of benzene rings is 1. The first kappa shape index (κ1) is 19.8. The van der Waals surface area contributed by atoms with E-state index in [4.69, 9.17) is 18.9 Å². The van der Waals surface area contributed by atoms with E-state index in [2.05, 4.69) is 5.32 Å². The van der Waals surface area contributed by atoms with Gasteiger partial charge in [0.15, 0.2) is 11.5 Å². The SMILES string of the molecule is COc1cc(N(CC(=O)NCC2CCCO2)C(C)=O)cc(OC)c1OC. The summed E-state index contributed by atoms with van der Waals surface area (Å²) in [5.74, 6) is 0.710. The van der Waals surface area contributed by atoms with E-state index in [-0.39, 0.29) is 24.5 Å². The minimum Gasteiger partial charge on any atom is -0.493 e. The summed E-state index contributed by atoms with van der Waals surface area (Å²) in [7, 11) is 4.49. The number of hydrogen-bond donors (Lipinski definition) is 1. The highest BCUT2D eigenvalue weighted by Gasteiger charge is 2.22. The van der Waals surface area contributed by atoms with Crippen LogP contribution in [0.5, 0.6) is 17.2 Å². The molecule has 1 aliphatic heterocycles. The molecule has 0 saturated carbocycles. The van der Waals surface area contributed by atoms with E-state index in [1.807, 2.05) is 0 Å². The molecular formula is C18H26N2O6. The van der Waals surface area contributed by atoms with Crippen LogP contribution >= 0.6 is 0 Å². The summed E-state index contributed by atoms with van der Waals surface area (Å²) in [5, 5.41) is 2.81. The molecule has 1 aromatic carbocycles. The topological polar surface area (TPSA) is 86.3 Å². The second kappa shape index (κ2) is 9.28. The van der Waals surface area contributed by atoms with Gasteiger partial charge in [0.25, 0.3) is 0 Å². The zero-order chi connectivity index (χ0) is 19.1. The molecule has 1 heterocycles. The van der Waals surface area contributed by atoms with Crippen LogP contribution in [0.15, 0.2) is 12.1 Å². The summed E-state index contributed by atoms with van der Waals surface area (Å²) in [6, 6.07) is 3.27. The number of anilines is 1. The molecule has 8 heteroatoms. The normalized spacial score (nSPS) is 16.1. The number of carbonyl (C=O) groups excluding carboxylic acids is 2. The number of nitrogens with zero attached hydrogens (tertiary/aromatic N) is 1. The Morgan fingerprint density at radius 1 is 1.19 bits per heavy atom. The molecule has 1 saturated heterocycles. The van der Waals surface area contributed by atoms with E-state index in [0.29, 0.717) is 29.5 Å². The highest BCUT2D eigenvalue weighted by molar-refractivity contribution is 5.98. The predicted octanol–water partition coefficient (Wildman–Crippen LogP) is 1.36. The summed E-state index contributed by atoms with van der Waals surface area (Å²) in [4.78, 5) is 25.7. The van der Waals surface area contributed by atoms with E-state index in [0.717, 1.165) is 19.4 Å². The molecule has 26 heavy (non-hydrogen) atoms. The Kier molecular flexibility index (Phi) is 7.08. The number of rotatable bonds is 8. The lowest BCUT2D eigenvalue weighted by Gasteiger charge is -2.23. The summed E-state index contributed by atoms with van der Waals surface area (Å²) in [6.07, 6.45) is 1.99. The van der Waals surface area contributed by atoms with Gasteiger partial charge in [-0.05, 0) is 12.8 Å². The van der Waals surface area contributed by atoms with Crippen molar-refractivity contribution in [1.82, 2.24) is 5.32 Å². The van der Waals surface area contributed by atoms with Gasteiger partial charge in [0.1, 0.15) is 6.54 Å². The van der Waals surface area contributed by atoms with Crippen LogP contribution in [-0.4, -0.2) is 58.9 Å². The van der Waals surface area contributed by atoms with Crippen molar-refractivity contribution in [1.29, 1.82) is 0 Å². The summed E-state index contributed by atoms with van der Waals surface area (Å²) >= 11 is 0. The van der Waals surface area contributed by atoms with Crippen molar-refractivity contribution < 1.29 is 28.5 Å². The van der Waals surface area contributed by atoms with Gasteiger partial charge in [0, 0.05) is 32.2 Å². The third-order valence-corrected chi connectivity index (χ3v) is 4.19. The molecule has 1 aromatic rings. The van der Waals surface area contributed by atoms with Gasteiger partial charge in [-0.1, -0.05) is 0 Å². The zero-order valence-electron chi connectivity index (χ0n) is 15.7. The molecule has 1 unspecified atom stereocenters. The van der Waals surface area contributed by atoms with Crippen LogP contribution < -0.4 is 24.4 Å². The molecule has 1 aliphatic rings. The van der Waals surface area contributed by atoms with Crippen LogP contribution in [0.4, 0.5) is 5.69 Å². The first-order valence-electron chi connectivity index (χ1n) is 8.46. The van der Waals surface area contributed by atoms with Crippen LogP contribution in [0, 0.1) is 0 Å². The van der Waals surface area contributed by atoms with E-state index in [9.17, 15) is 9.59 Å². The molecule has 0 aliphatic carbocycles. The largest absolute Gasteiger partial charge is 0.493 e. The minimum absolute atomic E-state index is 0.0471. The average Bonchev–Trinajstić information content (AvgIpc) is 3.16. The van der Waals surface area contributed by atoms with E-state index in [1.54, 1.807) is 12.1 Å². The quantitative estimate of drug-likeness (QED) is 0.748. The Bertz CT molecular complexity index is 618. The van der Waals surface area contributed by atoms with Gasteiger partial charge in [-0.25, -0.2) is 0 Å². The molecule has 8 nitrogen and oxygen atoms in total. The maximum atomic E-state index is 12.3. The fraction of sp³-hybridized carbons (Fsp3) is 0.556. The molecule has 144 valence electrons. The number of amides is 2. The first-order chi connectivity index (χ1) is 12.5. The van der Waals surface area contributed by atoms with Gasteiger partial charge in [0.05, 0.1) is 33.1 Å². The molecule has 0 aromatic heterocycles. The van der Waals surface area contributed by atoms with Crippen LogP contribution in [0.25, 0.3) is 0 Å². The molecular weight excluding hydrogens is 340 g/mol. The number of nitrogens with one attached hydrogen (secondary N) is 1. The highest BCUT2D eigenvalue weighted by Crippen LogP contribution is 2.41. The Morgan fingerprint density at radius 3 is 2.31 bits per heavy atom. The summed E-state index contributed by atoms with van der Waals surface area (Å²) in [6.45, 7) is 2.46. The molecule has 2 amide bonds. The van der Waals surface area contributed by atoms with Crippen molar-refractivity contribution in [3.63, 3.8) is 0 Å². The lowest BCUT2D eigenvalue weighted by atomic mass is 10.2. The fourth-order valence-electron chi connectivity index (χ4n) is 2.84. The van der Waals surface area contributed by atoms with Crippen LogP contribution in [0.3, 0.4) is 0 Å². The highest BCUT2D eigenvalue weighted by atomic mass is 16.5. The zero-order valence-corrected chi connectivity index (χ0v) is 15.7. The predicted molar refractivity (Wildman–Crippen MR) is 96.1 cm³/mol. The molecule has 0 bridgehead atoms. The Morgan fingerprint density at radius 2 is 1.85 bits per heavy atom. The molecule has 1 atom stereocenters. The van der Waals surface area contributed by atoms with Gasteiger partial charge in [-0.2, -0.15) is 0 Å². The van der Waals surface area contributed by atoms with Gasteiger partial charge < -0.3 is 29.2 Å². The number of methoxy groups -OCH3 is 3. The number of ether oxygens (including phenoxy) is 4.